The number of ether oxygens (including phenoxy) is 1. The van der Waals surface area contributed by atoms with Crippen molar-refractivity contribution in [3.05, 3.63) is 59.7 Å². The van der Waals surface area contributed by atoms with Crippen molar-refractivity contribution in [2.45, 2.75) is 44.5 Å². The minimum Gasteiger partial charge on any atom is -0.376 e. The first-order valence-corrected chi connectivity index (χ1v) is 11.5. The molecule has 6 nitrogen and oxygen atoms in total. The number of aliphatic imine (C=N–C) groups is 1. The fraction of sp³-hybridized carbons (Fsp3) is 0.375. The van der Waals surface area contributed by atoms with Gasteiger partial charge >= 0.3 is 0 Å². The van der Waals surface area contributed by atoms with Crippen LogP contribution in [0.15, 0.2) is 53.5 Å². The average molecular weight is 438 g/mol. The van der Waals surface area contributed by atoms with Crippen LogP contribution in [0.4, 0.5) is 11.4 Å². The van der Waals surface area contributed by atoms with Crippen LogP contribution >= 0.6 is 11.8 Å². The molecule has 0 aromatic heterocycles. The van der Waals surface area contributed by atoms with Gasteiger partial charge in [0.2, 0.25) is 11.8 Å². The average Bonchev–Trinajstić information content (AvgIpc) is 3.32. The zero-order chi connectivity index (χ0) is 21.8. The summed E-state index contributed by atoms with van der Waals surface area (Å²) in [4.78, 5) is 32.3. The van der Waals surface area contributed by atoms with Crippen LogP contribution in [-0.2, 0) is 14.3 Å². The first-order valence-electron chi connectivity index (χ1n) is 10.6. The van der Waals surface area contributed by atoms with E-state index in [0.29, 0.717) is 11.7 Å². The Bertz CT molecular complexity index is 967. The van der Waals surface area contributed by atoms with Crippen LogP contribution in [0.1, 0.15) is 30.4 Å². The van der Waals surface area contributed by atoms with E-state index in [1.165, 1.54) is 11.8 Å². The molecule has 4 rings (SSSR count). The quantitative estimate of drug-likeness (QED) is 0.725. The van der Waals surface area contributed by atoms with Gasteiger partial charge in [-0.25, -0.2) is 4.99 Å². The van der Waals surface area contributed by atoms with E-state index in [-0.39, 0.29) is 24.3 Å². The number of carbonyl (C=O) groups is 2. The number of rotatable bonds is 6. The van der Waals surface area contributed by atoms with Crippen molar-refractivity contribution < 1.29 is 14.3 Å². The van der Waals surface area contributed by atoms with E-state index in [0.717, 1.165) is 42.0 Å². The fourth-order valence-corrected chi connectivity index (χ4v) is 5.08. The number of para-hydroxylation sites is 1. The third-order valence-corrected chi connectivity index (χ3v) is 6.47. The number of hydrogen-bond acceptors (Lipinski definition) is 5. The minimum absolute atomic E-state index is 0.0193. The number of anilines is 1. The molecule has 1 N–H and O–H groups in total. The van der Waals surface area contributed by atoms with E-state index < -0.39 is 5.25 Å². The van der Waals surface area contributed by atoms with Crippen molar-refractivity contribution in [2.24, 2.45) is 4.99 Å². The van der Waals surface area contributed by atoms with E-state index in [4.69, 9.17) is 9.73 Å². The van der Waals surface area contributed by atoms with Gasteiger partial charge in [0.15, 0.2) is 5.17 Å². The van der Waals surface area contributed by atoms with E-state index in [9.17, 15) is 9.59 Å². The van der Waals surface area contributed by atoms with Gasteiger partial charge in [-0.05, 0) is 62.1 Å². The predicted octanol–water partition coefficient (Wildman–Crippen LogP) is 4.44. The molecule has 2 aromatic carbocycles. The molecule has 2 aromatic rings. The van der Waals surface area contributed by atoms with Gasteiger partial charge in [0.25, 0.3) is 0 Å². The highest BCUT2D eigenvalue weighted by molar-refractivity contribution is 8.15. The van der Waals surface area contributed by atoms with Crippen molar-refractivity contribution in [3.8, 4) is 0 Å². The van der Waals surface area contributed by atoms with Crippen LogP contribution in [0.25, 0.3) is 0 Å². The maximum absolute atomic E-state index is 13.2. The maximum atomic E-state index is 13.2. The number of thioether (sulfide) groups is 1. The van der Waals surface area contributed by atoms with E-state index in [2.05, 4.69) is 11.4 Å². The molecule has 0 unspecified atom stereocenters. The van der Waals surface area contributed by atoms with Crippen LogP contribution in [-0.4, -0.2) is 46.4 Å². The maximum Gasteiger partial charge on any atom is 0.242 e. The summed E-state index contributed by atoms with van der Waals surface area (Å²) in [6.45, 7) is 5.27. The lowest BCUT2D eigenvalue weighted by Crippen LogP contribution is -2.38. The Morgan fingerprint density at radius 3 is 2.61 bits per heavy atom. The summed E-state index contributed by atoms with van der Waals surface area (Å²) in [6.07, 6.45) is 2.06. The molecule has 2 aliphatic rings. The second-order valence-electron chi connectivity index (χ2n) is 8.05. The highest BCUT2D eigenvalue weighted by atomic mass is 32.2. The molecule has 0 spiro atoms. The molecule has 162 valence electrons. The van der Waals surface area contributed by atoms with Crippen molar-refractivity contribution in [3.63, 3.8) is 0 Å². The molecular weight excluding hydrogens is 410 g/mol. The first-order chi connectivity index (χ1) is 15.0. The Labute approximate surface area is 187 Å². The topological polar surface area (TPSA) is 71.0 Å². The predicted molar refractivity (Wildman–Crippen MR) is 125 cm³/mol. The zero-order valence-corrected chi connectivity index (χ0v) is 18.7. The Hall–Kier alpha value is -2.64. The van der Waals surface area contributed by atoms with E-state index >= 15 is 0 Å². The van der Waals surface area contributed by atoms with Crippen LogP contribution in [0.3, 0.4) is 0 Å². The van der Waals surface area contributed by atoms with Gasteiger partial charge < -0.3 is 10.1 Å². The van der Waals surface area contributed by atoms with Crippen molar-refractivity contribution in [1.82, 2.24) is 4.90 Å². The summed E-state index contributed by atoms with van der Waals surface area (Å²) in [5, 5.41) is 3.02. The molecule has 0 saturated carbocycles. The molecule has 0 bridgehead atoms. The van der Waals surface area contributed by atoms with Crippen molar-refractivity contribution in [2.75, 3.05) is 18.5 Å². The molecule has 2 aliphatic heterocycles. The zero-order valence-electron chi connectivity index (χ0n) is 17.8. The van der Waals surface area contributed by atoms with Crippen molar-refractivity contribution in [1.29, 1.82) is 0 Å². The summed E-state index contributed by atoms with van der Waals surface area (Å²) in [5.41, 5.74) is 3.79. The van der Waals surface area contributed by atoms with Gasteiger partial charge in [-0.15, -0.1) is 0 Å². The van der Waals surface area contributed by atoms with Crippen LogP contribution in [0, 0.1) is 13.8 Å². The van der Waals surface area contributed by atoms with Crippen LogP contribution in [0.2, 0.25) is 0 Å². The molecule has 2 atom stereocenters. The number of benzene rings is 2. The smallest absolute Gasteiger partial charge is 0.242 e. The Morgan fingerprint density at radius 1 is 1.19 bits per heavy atom. The summed E-state index contributed by atoms with van der Waals surface area (Å²) in [7, 11) is 0. The Kier molecular flexibility index (Phi) is 6.73. The standard InChI is InChI=1S/C24H27N3O3S/c1-16-11-17(2)13-19(12-16)26-24-27(15-20-9-6-10-30-20)23(29)21(31-24)14-22(28)25-18-7-4-3-5-8-18/h3-5,7-8,11-13,20-21H,6,9-10,14-15H2,1-2H3,(H,25,28)/t20-,21+/m1/s1. The summed E-state index contributed by atoms with van der Waals surface area (Å²) < 4.78 is 5.76. The molecule has 2 amide bonds. The minimum atomic E-state index is -0.491. The van der Waals surface area contributed by atoms with Gasteiger partial charge in [0.1, 0.15) is 5.25 Å². The molecule has 2 fully saturated rings. The molecule has 31 heavy (non-hydrogen) atoms. The van der Waals surface area contributed by atoms with E-state index in [1.807, 2.05) is 56.3 Å². The number of amidine groups is 1. The third kappa shape index (κ3) is 5.54. The fourth-order valence-electron chi connectivity index (χ4n) is 3.91. The molecule has 7 heteroatoms. The highest BCUT2D eigenvalue weighted by Crippen LogP contribution is 2.33. The summed E-state index contributed by atoms with van der Waals surface area (Å²) in [5.74, 6) is -0.256. The number of amides is 2. The number of carbonyl (C=O) groups excluding carboxylic acids is 2. The number of nitrogens with zero attached hydrogens (tertiary/aromatic N) is 2. The van der Waals surface area contributed by atoms with E-state index in [1.54, 1.807) is 4.90 Å². The lowest BCUT2D eigenvalue weighted by Gasteiger charge is -2.20. The van der Waals surface area contributed by atoms with Gasteiger partial charge in [0, 0.05) is 18.7 Å². The van der Waals surface area contributed by atoms with Crippen molar-refractivity contribution >= 4 is 40.1 Å². The molecular formula is C24H27N3O3S. The number of hydrogen-bond donors (Lipinski definition) is 1. The SMILES string of the molecule is Cc1cc(C)cc(N=C2S[C@@H](CC(=O)Nc3ccccc3)C(=O)N2C[C@H]2CCCO2)c1. The normalized spacial score (nSPS) is 22.3. The van der Waals surface area contributed by atoms with Crippen LogP contribution < -0.4 is 5.32 Å². The second kappa shape index (κ2) is 9.66. The van der Waals surface area contributed by atoms with Gasteiger partial charge in [-0.1, -0.05) is 36.0 Å². The molecule has 2 heterocycles. The molecule has 0 radical (unpaired) electrons. The first kappa shape index (κ1) is 21.6. The lowest BCUT2D eigenvalue weighted by molar-refractivity contribution is -0.129. The third-order valence-electron chi connectivity index (χ3n) is 5.29. The van der Waals surface area contributed by atoms with Gasteiger partial charge in [-0.3, -0.25) is 14.5 Å². The molecule has 2 saturated heterocycles. The Balaban J connectivity index is 1.53. The largest absolute Gasteiger partial charge is 0.376 e. The van der Waals surface area contributed by atoms with Crippen LogP contribution in [0.5, 0.6) is 0 Å². The summed E-state index contributed by atoms with van der Waals surface area (Å²) in [6, 6.07) is 15.4. The summed E-state index contributed by atoms with van der Waals surface area (Å²) >= 11 is 1.37. The second-order valence-corrected chi connectivity index (χ2v) is 9.22. The lowest BCUT2D eigenvalue weighted by atomic mass is 10.1. The number of aryl methyl sites for hydroxylation is 2. The number of nitrogens with one attached hydrogen (secondary N) is 1. The Morgan fingerprint density at radius 2 is 1.94 bits per heavy atom. The van der Waals surface area contributed by atoms with Gasteiger partial charge in [-0.2, -0.15) is 0 Å². The van der Waals surface area contributed by atoms with Gasteiger partial charge in [0.05, 0.1) is 18.3 Å². The monoisotopic (exact) mass is 437 g/mol. The molecule has 0 aliphatic carbocycles. The highest BCUT2D eigenvalue weighted by Gasteiger charge is 2.40.